The fraction of sp³-hybridized carbons (Fsp3) is 0.471. The summed E-state index contributed by atoms with van der Waals surface area (Å²) in [5.41, 5.74) is 18.5. The van der Waals surface area contributed by atoms with E-state index in [4.69, 9.17) is 27.3 Å². The van der Waals surface area contributed by atoms with Crippen molar-refractivity contribution >= 4 is 35.5 Å². The van der Waals surface area contributed by atoms with Gasteiger partial charge in [0.05, 0.1) is 6.61 Å². The van der Waals surface area contributed by atoms with Crippen molar-refractivity contribution in [2.45, 2.75) is 76.9 Å². The first-order valence-corrected chi connectivity index (χ1v) is 16.2. The second kappa shape index (κ2) is 18.9. The summed E-state index contributed by atoms with van der Waals surface area (Å²) in [7, 11) is 0. The number of benzene rings is 2. The number of amidine groups is 1. The Hall–Kier alpha value is -4.94. The van der Waals surface area contributed by atoms with E-state index >= 15 is 0 Å². The first-order chi connectivity index (χ1) is 22.6. The van der Waals surface area contributed by atoms with Gasteiger partial charge in [0.2, 0.25) is 17.7 Å². The molecule has 254 valence electrons. The van der Waals surface area contributed by atoms with Gasteiger partial charge < -0.3 is 37.9 Å². The molecule has 0 heterocycles. The first-order valence-electron chi connectivity index (χ1n) is 16.2. The summed E-state index contributed by atoms with van der Waals surface area (Å²) < 4.78 is 5.21. The molecule has 0 radical (unpaired) electrons. The lowest BCUT2D eigenvalue weighted by Crippen LogP contribution is -2.57. The minimum atomic E-state index is -1.17. The molecule has 13 nitrogen and oxygen atoms in total. The van der Waals surface area contributed by atoms with Gasteiger partial charge in [0, 0.05) is 18.7 Å². The molecule has 0 bridgehead atoms. The van der Waals surface area contributed by atoms with Gasteiger partial charge in [-0.1, -0.05) is 73.9 Å². The van der Waals surface area contributed by atoms with Gasteiger partial charge in [-0.05, 0) is 56.1 Å². The molecule has 0 spiro atoms. The standard InChI is InChI=1S/C34H48N8O5/c1-2-47-33(46)27(14-9-19-39-34(37)38)41-32(45)28(24-12-7-4-8-13-24)42-31(44)26(20-22-15-17-25(18-16-22)29(35)36)30(43)40-21-23-10-5-3-6-11-23/h3,5-6,10-11,15-18,24,26-28H,2,4,7-9,12-14,19-21H2,1H3,(H3,35,36)(H,40,43)(H,41,45)(H,42,44)(H4,37,38,39)/t26-,27?,28-/m0/s1. The number of rotatable bonds is 17. The van der Waals surface area contributed by atoms with E-state index in [-0.39, 0.29) is 50.3 Å². The second-order valence-corrected chi connectivity index (χ2v) is 11.7. The number of guanidine groups is 1. The summed E-state index contributed by atoms with van der Waals surface area (Å²) in [5.74, 6) is -3.71. The van der Waals surface area contributed by atoms with E-state index in [1.807, 2.05) is 30.3 Å². The molecule has 13 heteroatoms. The Kier molecular flexibility index (Phi) is 14.7. The number of hydrogen-bond acceptors (Lipinski definition) is 7. The minimum absolute atomic E-state index is 0.0554. The van der Waals surface area contributed by atoms with Crippen LogP contribution < -0.4 is 33.2 Å². The van der Waals surface area contributed by atoms with Crippen molar-refractivity contribution < 1.29 is 23.9 Å². The summed E-state index contributed by atoms with van der Waals surface area (Å²) in [6, 6.07) is 14.2. The highest BCUT2D eigenvalue weighted by Gasteiger charge is 2.36. The zero-order valence-corrected chi connectivity index (χ0v) is 27.0. The van der Waals surface area contributed by atoms with Crippen LogP contribution in [0.3, 0.4) is 0 Å². The number of carbonyl (C=O) groups excluding carboxylic acids is 4. The molecule has 1 fully saturated rings. The lowest BCUT2D eigenvalue weighted by molar-refractivity contribution is -0.148. The van der Waals surface area contributed by atoms with Crippen LogP contribution in [-0.4, -0.2) is 60.7 Å². The van der Waals surface area contributed by atoms with Gasteiger partial charge in [-0.15, -0.1) is 0 Å². The maximum atomic E-state index is 14.0. The monoisotopic (exact) mass is 648 g/mol. The Morgan fingerprint density at radius 2 is 1.57 bits per heavy atom. The number of nitrogens with two attached hydrogens (primary N) is 3. The number of aliphatic imine (C=N–C) groups is 1. The summed E-state index contributed by atoms with van der Waals surface area (Å²) in [5, 5.41) is 16.2. The number of nitrogens with zero attached hydrogens (tertiary/aromatic N) is 1. The van der Waals surface area contributed by atoms with E-state index in [1.54, 1.807) is 31.2 Å². The van der Waals surface area contributed by atoms with Crippen LogP contribution in [0, 0.1) is 17.2 Å². The van der Waals surface area contributed by atoms with Gasteiger partial charge in [-0.2, -0.15) is 0 Å². The molecule has 2 aromatic rings. The average Bonchev–Trinajstić information content (AvgIpc) is 3.07. The number of nitrogen functional groups attached to an aromatic ring is 1. The lowest BCUT2D eigenvalue weighted by atomic mass is 9.83. The quantitative estimate of drug-likeness (QED) is 0.0437. The number of amides is 3. The van der Waals surface area contributed by atoms with Crippen molar-refractivity contribution in [2.24, 2.45) is 34.0 Å². The molecule has 3 rings (SSSR count). The summed E-state index contributed by atoms with van der Waals surface area (Å²) in [4.78, 5) is 58.2. The topological polar surface area (TPSA) is 228 Å². The third-order valence-corrected chi connectivity index (χ3v) is 8.18. The fourth-order valence-electron chi connectivity index (χ4n) is 5.64. The van der Waals surface area contributed by atoms with Crippen LogP contribution in [0.25, 0.3) is 0 Å². The van der Waals surface area contributed by atoms with Gasteiger partial charge >= 0.3 is 5.97 Å². The van der Waals surface area contributed by atoms with E-state index < -0.39 is 41.7 Å². The number of hydrogen-bond donors (Lipinski definition) is 7. The van der Waals surface area contributed by atoms with Crippen LogP contribution in [0.1, 0.15) is 68.6 Å². The maximum absolute atomic E-state index is 14.0. The van der Waals surface area contributed by atoms with Crippen molar-refractivity contribution in [2.75, 3.05) is 13.2 Å². The molecule has 0 aromatic heterocycles. The molecular formula is C34H48N8O5. The summed E-state index contributed by atoms with van der Waals surface area (Å²) >= 11 is 0. The SMILES string of the molecule is CCOC(=O)C(CCCN=C(N)N)NC(=O)[C@@H](NC(=O)[C@@H](Cc1ccc(C(=N)N)cc1)C(=O)NCc1ccccc1)C1CCCCC1. The van der Waals surface area contributed by atoms with Gasteiger partial charge in [0.1, 0.15) is 23.8 Å². The van der Waals surface area contributed by atoms with Crippen molar-refractivity contribution in [1.82, 2.24) is 16.0 Å². The maximum Gasteiger partial charge on any atom is 0.328 e. The van der Waals surface area contributed by atoms with Crippen LogP contribution in [0.4, 0.5) is 0 Å². The molecule has 2 aromatic carbocycles. The zero-order chi connectivity index (χ0) is 34.2. The van der Waals surface area contributed by atoms with Crippen molar-refractivity contribution in [3.05, 3.63) is 71.3 Å². The summed E-state index contributed by atoms with van der Waals surface area (Å²) in [6.07, 6.45) is 4.94. The molecule has 47 heavy (non-hydrogen) atoms. The molecule has 1 unspecified atom stereocenters. The number of nitrogens with one attached hydrogen (secondary N) is 4. The van der Waals surface area contributed by atoms with E-state index in [9.17, 15) is 19.2 Å². The minimum Gasteiger partial charge on any atom is -0.464 e. The molecular weight excluding hydrogens is 600 g/mol. The second-order valence-electron chi connectivity index (χ2n) is 11.7. The van der Waals surface area contributed by atoms with Crippen LogP contribution >= 0.6 is 0 Å². The Balaban J connectivity index is 1.84. The molecule has 3 amide bonds. The third-order valence-electron chi connectivity index (χ3n) is 8.18. The number of esters is 1. The normalized spacial score (nSPS) is 14.9. The largest absolute Gasteiger partial charge is 0.464 e. The Morgan fingerprint density at radius 1 is 0.894 bits per heavy atom. The molecule has 1 saturated carbocycles. The molecule has 0 aliphatic heterocycles. The predicted molar refractivity (Wildman–Crippen MR) is 180 cm³/mol. The van der Waals surface area contributed by atoms with Gasteiger partial charge in [-0.25, -0.2) is 4.79 Å². The van der Waals surface area contributed by atoms with Crippen molar-refractivity contribution in [3.8, 4) is 0 Å². The molecule has 1 aliphatic rings. The number of ether oxygens (including phenoxy) is 1. The van der Waals surface area contributed by atoms with E-state index in [2.05, 4.69) is 20.9 Å². The molecule has 0 saturated heterocycles. The van der Waals surface area contributed by atoms with Crippen molar-refractivity contribution in [3.63, 3.8) is 0 Å². The van der Waals surface area contributed by atoms with Crippen LogP contribution in [0.5, 0.6) is 0 Å². The third kappa shape index (κ3) is 12.1. The number of carbonyl (C=O) groups is 4. The highest BCUT2D eigenvalue weighted by atomic mass is 16.5. The molecule has 1 aliphatic carbocycles. The lowest BCUT2D eigenvalue weighted by Gasteiger charge is -2.32. The Bertz CT molecular complexity index is 1370. The van der Waals surface area contributed by atoms with Gasteiger partial charge in [0.15, 0.2) is 5.96 Å². The van der Waals surface area contributed by atoms with Crippen LogP contribution in [-0.2, 0) is 36.9 Å². The zero-order valence-electron chi connectivity index (χ0n) is 27.0. The Morgan fingerprint density at radius 3 is 2.19 bits per heavy atom. The summed E-state index contributed by atoms with van der Waals surface area (Å²) in [6.45, 7) is 2.30. The van der Waals surface area contributed by atoms with Gasteiger partial charge in [-0.3, -0.25) is 24.8 Å². The fourth-order valence-corrected chi connectivity index (χ4v) is 5.64. The smallest absolute Gasteiger partial charge is 0.328 e. The first kappa shape index (κ1) is 36.5. The molecule has 3 atom stereocenters. The van der Waals surface area contributed by atoms with E-state index in [1.165, 1.54) is 0 Å². The van der Waals surface area contributed by atoms with E-state index in [0.717, 1.165) is 24.8 Å². The highest BCUT2D eigenvalue weighted by Crippen LogP contribution is 2.27. The van der Waals surface area contributed by atoms with Crippen molar-refractivity contribution in [1.29, 1.82) is 5.41 Å². The highest BCUT2D eigenvalue weighted by molar-refractivity contribution is 6.02. The predicted octanol–water partition coefficient (Wildman–Crippen LogP) is 1.61. The molecule has 10 N–H and O–H groups in total. The van der Waals surface area contributed by atoms with Gasteiger partial charge in [0.25, 0.3) is 0 Å². The average molecular weight is 649 g/mol. The van der Waals surface area contributed by atoms with Crippen LogP contribution in [0.15, 0.2) is 59.6 Å². The van der Waals surface area contributed by atoms with E-state index in [0.29, 0.717) is 30.4 Å². The Labute approximate surface area is 276 Å². The van der Waals surface area contributed by atoms with Crippen LogP contribution in [0.2, 0.25) is 0 Å².